The van der Waals surface area contributed by atoms with Gasteiger partial charge in [-0.05, 0) is 33.2 Å². The number of oxime groups is 1. The number of rotatable bonds is 1. The van der Waals surface area contributed by atoms with E-state index in [1.807, 2.05) is 24.3 Å². The van der Waals surface area contributed by atoms with Crippen molar-refractivity contribution in [2.45, 2.75) is 0 Å². The quantitative estimate of drug-likeness (QED) is 0.312. The highest BCUT2D eigenvalue weighted by molar-refractivity contribution is 6.06. The second-order valence-electron chi connectivity index (χ2n) is 5.54. The lowest BCUT2D eigenvalue weighted by atomic mass is 9.93. The number of nitrogens with zero attached hydrogens (tertiary/aromatic N) is 5. The lowest BCUT2D eigenvalue weighted by Crippen LogP contribution is -2.18. The highest BCUT2D eigenvalue weighted by Crippen LogP contribution is 2.17. The average molecular weight is 347 g/mol. The molecule has 0 radical (unpaired) electrons. The fourth-order valence-corrected chi connectivity index (χ4v) is 3.16. The summed E-state index contributed by atoms with van der Waals surface area (Å²) in [6, 6.07) is 19.7. The van der Waals surface area contributed by atoms with Crippen LogP contribution in [0.3, 0.4) is 0 Å². The van der Waals surface area contributed by atoms with E-state index in [1.54, 1.807) is 42.5 Å². The molecule has 0 fully saturated rings. The molecule has 0 saturated carbocycles. The Balaban J connectivity index is 2.89. The summed E-state index contributed by atoms with van der Waals surface area (Å²) < 4.78 is 0. The van der Waals surface area contributed by atoms with Crippen molar-refractivity contribution < 1.29 is 5.21 Å². The van der Waals surface area contributed by atoms with Crippen molar-refractivity contribution >= 4 is 38.9 Å². The van der Waals surface area contributed by atoms with Crippen LogP contribution in [-0.2, 0) is 0 Å². The van der Waals surface area contributed by atoms with Crippen LogP contribution < -0.4 is 10.4 Å². The van der Waals surface area contributed by atoms with Gasteiger partial charge in [0.2, 0.25) is 0 Å². The minimum absolute atomic E-state index is 0.0678. The summed E-state index contributed by atoms with van der Waals surface area (Å²) >= 11 is 0. The number of hydrogen-bond donors (Lipinski definition) is 1. The zero-order valence-corrected chi connectivity index (χ0v) is 13.8. The van der Waals surface area contributed by atoms with Crippen LogP contribution in [0.4, 0.5) is 0 Å². The van der Waals surface area contributed by atoms with Crippen LogP contribution in [0.2, 0.25) is 0 Å². The molecule has 1 N–H and O–H groups in total. The van der Waals surface area contributed by atoms with Crippen molar-refractivity contribution in [3.05, 3.63) is 58.5 Å². The van der Waals surface area contributed by atoms with Crippen LogP contribution in [0.5, 0.6) is 0 Å². The standard InChI is InChI=1S/C21H9N5O/c22-8-14(9-23)20-16-3-1-2-4-17(16)21(15(10-24)11-25)19-7-13(12-26-27)5-6-18(19)20/h1-7,12,27H/b26-12+. The molecule has 27 heavy (non-hydrogen) atoms. The highest BCUT2D eigenvalue weighted by Gasteiger charge is 2.12. The molecule has 0 saturated heterocycles. The molecular weight excluding hydrogens is 338 g/mol. The van der Waals surface area contributed by atoms with Crippen LogP contribution >= 0.6 is 0 Å². The normalized spacial score (nSPS) is 10.1. The SMILES string of the molecule is N#CC(C#N)=c1c2ccccc2c(=C(C#N)C#N)c2cc(/C=N/O)ccc12. The summed E-state index contributed by atoms with van der Waals surface area (Å²) in [5, 5.41) is 52.7. The van der Waals surface area contributed by atoms with Gasteiger partial charge in [-0.1, -0.05) is 41.6 Å². The van der Waals surface area contributed by atoms with Crippen LogP contribution in [-0.4, -0.2) is 11.4 Å². The predicted molar refractivity (Wildman–Crippen MR) is 99.4 cm³/mol. The molecule has 0 aromatic heterocycles. The van der Waals surface area contributed by atoms with E-state index < -0.39 is 0 Å². The van der Waals surface area contributed by atoms with E-state index in [4.69, 9.17) is 5.21 Å². The van der Waals surface area contributed by atoms with Gasteiger partial charge in [-0.2, -0.15) is 21.0 Å². The lowest BCUT2D eigenvalue weighted by Gasteiger charge is -2.08. The Labute approximate surface area is 153 Å². The zero-order chi connectivity index (χ0) is 19.4. The smallest absolute Gasteiger partial charge is 0.138 e. The van der Waals surface area contributed by atoms with Crippen LogP contribution in [0.1, 0.15) is 5.56 Å². The minimum Gasteiger partial charge on any atom is -0.411 e. The Bertz CT molecular complexity index is 1390. The second-order valence-corrected chi connectivity index (χ2v) is 5.54. The third kappa shape index (κ3) is 2.71. The predicted octanol–water partition coefficient (Wildman–Crippen LogP) is 2.20. The molecule has 6 nitrogen and oxygen atoms in total. The molecule has 3 aromatic carbocycles. The van der Waals surface area contributed by atoms with Gasteiger partial charge in [0.15, 0.2) is 0 Å². The third-order valence-corrected chi connectivity index (χ3v) is 4.20. The first-order valence-corrected chi connectivity index (χ1v) is 7.71. The Morgan fingerprint density at radius 2 is 1.22 bits per heavy atom. The van der Waals surface area contributed by atoms with Crippen molar-refractivity contribution in [3.8, 4) is 24.3 Å². The fourth-order valence-electron chi connectivity index (χ4n) is 3.16. The van der Waals surface area contributed by atoms with Crippen molar-refractivity contribution in [2.75, 3.05) is 0 Å². The van der Waals surface area contributed by atoms with Crippen molar-refractivity contribution in [3.63, 3.8) is 0 Å². The molecule has 0 heterocycles. The van der Waals surface area contributed by atoms with Gasteiger partial charge in [-0.25, -0.2) is 0 Å². The molecule has 0 atom stereocenters. The summed E-state index contributed by atoms with van der Waals surface area (Å²) in [4.78, 5) is 0. The summed E-state index contributed by atoms with van der Waals surface area (Å²) in [6.45, 7) is 0. The summed E-state index contributed by atoms with van der Waals surface area (Å²) in [6.07, 6.45) is 1.22. The Morgan fingerprint density at radius 3 is 1.70 bits per heavy atom. The molecule has 0 bridgehead atoms. The van der Waals surface area contributed by atoms with E-state index in [0.717, 1.165) is 0 Å². The maximum absolute atomic E-state index is 9.46. The summed E-state index contributed by atoms with van der Waals surface area (Å²) in [5.41, 5.74) is 0.385. The van der Waals surface area contributed by atoms with Crippen LogP contribution in [0.25, 0.3) is 32.7 Å². The van der Waals surface area contributed by atoms with Crippen molar-refractivity contribution in [1.82, 2.24) is 0 Å². The van der Waals surface area contributed by atoms with E-state index >= 15 is 0 Å². The van der Waals surface area contributed by atoms with Gasteiger partial charge in [0.25, 0.3) is 0 Å². The molecule has 3 aromatic rings. The number of hydrogen-bond acceptors (Lipinski definition) is 6. The Morgan fingerprint density at radius 1 is 0.741 bits per heavy atom. The minimum atomic E-state index is -0.0868. The summed E-state index contributed by atoms with van der Waals surface area (Å²) in [7, 11) is 0. The maximum Gasteiger partial charge on any atom is 0.138 e. The van der Waals surface area contributed by atoms with Gasteiger partial charge in [-0.3, -0.25) is 0 Å². The van der Waals surface area contributed by atoms with E-state index in [1.165, 1.54) is 6.21 Å². The molecular formula is C21H9N5O. The van der Waals surface area contributed by atoms with Gasteiger partial charge in [0.05, 0.1) is 6.21 Å². The molecule has 0 amide bonds. The van der Waals surface area contributed by atoms with Crippen LogP contribution in [0.15, 0.2) is 47.6 Å². The average Bonchev–Trinajstić information content (AvgIpc) is 2.71. The van der Waals surface area contributed by atoms with E-state index in [-0.39, 0.29) is 11.1 Å². The first-order valence-electron chi connectivity index (χ1n) is 7.71. The van der Waals surface area contributed by atoms with Gasteiger partial charge >= 0.3 is 0 Å². The van der Waals surface area contributed by atoms with E-state index in [0.29, 0.717) is 37.5 Å². The molecule has 0 unspecified atom stereocenters. The molecule has 0 aliphatic carbocycles. The molecule has 3 rings (SSSR count). The molecule has 0 spiro atoms. The van der Waals surface area contributed by atoms with Gasteiger partial charge in [0, 0.05) is 10.4 Å². The maximum atomic E-state index is 9.46. The Hall–Kier alpha value is -4.65. The monoisotopic (exact) mass is 347 g/mol. The molecule has 0 aliphatic rings. The summed E-state index contributed by atoms with van der Waals surface area (Å²) in [5.74, 6) is 0. The van der Waals surface area contributed by atoms with Crippen molar-refractivity contribution in [1.29, 1.82) is 21.0 Å². The van der Waals surface area contributed by atoms with Crippen molar-refractivity contribution in [2.24, 2.45) is 5.16 Å². The number of nitriles is 4. The fraction of sp³-hybridized carbons (Fsp3) is 0. The van der Waals surface area contributed by atoms with Gasteiger partial charge < -0.3 is 5.21 Å². The first-order chi connectivity index (χ1) is 13.2. The lowest BCUT2D eigenvalue weighted by molar-refractivity contribution is 0.322. The first kappa shape index (κ1) is 17.2. The molecule has 0 aliphatic heterocycles. The van der Waals surface area contributed by atoms with Gasteiger partial charge in [0.1, 0.15) is 35.4 Å². The second kappa shape index (κ2) is 7.08. The van der Waals surface area contributed by atoms with E-state index in [2.05, 4.69) is 5.16 Å². The van der Waals surface area contributed by atoms with Crippen LogP contribution in [0, 0.1) is 45.3 Å². The highest BCUT2D eigenvalue weighted by atomic mass is 16.4. The number of benzene rings is 3. The third-order valence-electron chi connectivity index (χ3n) is 4.20. The molecule has 6 heteroatoms. The van der Waals surface area contributed by atoms with E-state index in [9.17, 15) is 21.0 Å². The molecule has 124 valence electrons. The Kier molecular flexibility index (Phi) is 4.50. The van der Waals surface area contributed by atoms with Gasteiger partial charge in [-0.15, -0.1) is 0 Å². The largest absolute Gasteiger partial charge is 0.411 e. The topological polar surface area (TPSA) is 128 Å². The number of fused-ring (bicyclic) bond motifs is 2. The zero-order valence-electron chi connectivity index (χ0n) is 13.8.